The number of aryl methyl sites for hydroxylation is 1. The van der Waals surface area contributed by atoms with Crippen LogP contribution in [-0.4, -0.2) is 5.78 Å². The Morgan fingerprint density at radius 3 is 2.50 bits per heavy atom. The highest BCUT2D eigenvalue weighted by atomic mass is 16.1. The van der Waals surface area contributed by atoms with Gasteiger partial charge in [-0.2, -0.15) is 0 Å². The largest absolute Gasteiger partial charge is 0.298 e. The van der Waals surface area contributed by atoms with E-state index in [0.717, 1.165) is 5.56 Å². The summed E-state index contributed by atoms with van der Waals surface area (Å²) >= 11 is 0. The Balaban J connectivity index is 2.55. The molecule has 0 aliphatic heterocycles. The monoisotopic (exact) mass is 186 g/mol. The Kier molecular flexibility index (Phi) is 3.94. The van der Waals surface area contributed by atoms with Crippen molar-refractivity contribution in [2.75, 3.05) is 0 Å². The third-order valence-electron chi connectivity index (χ3n) is 1.98. The summed E-state index contributed by atoms with van der Waals surface area (Å²) in [5.41, 5.74) is 2.29. The van der Waals surface area contributed by atoms with E-state index in [1.165, 1.54) is 5.56 Å². The molecule has 0 bridgehead atoms. The van der Waals surface area contributed by atoms with Crippen LogP contribution in [0.25, 0.3) is 0 Å². The van der Waals surface area contributed by atoms with Crippen molar-refractivity contribution in [2.45, 2.75) is 26.7 Å². The molecule has 0 spiro atoms. The first-order chi connectivity index (χ1) is 6.72. The highest BCUT2D eigenvalue weighted by molar-refractivity contribution is 5.83. The smallest absolute Gasteiger partial charge is 0.149 e. The number of carbonyl (C=O) groups excluding carboxylic acids is 1. The second-order valence-electron chi connectivity index (χ2n) is 3.30. The Bertz CT molecular complexity index is 362. The first kappa shape index (κ1) is 10.5. The Hall–Kier alpha value is -1.55. The van der Waals surface area contributed by atoms with Crippen molar-refractivity contribution >= 4 is 5.78 Å². The molecule has 0 saturated heterocycles. The van der Waals surface area contributed by atoms with Gasteiger partial charge in [-0.3, -0.25) is 4.79 Å². The van der Waals surface area contributed by atoms with Crippen molar-refractivity contribution in [3.8, 4) is 11.8 Å². The zero-order valence-corrected chi connectivity index (χ0v) is 8.63. The number of Topliss-reactive ketones (excluding diaryl/α,β-unsaturated/α-hetero) is 1. The molecule has 0 radical (unpaired) electrons. The van der Waals surface area contributed by atoms with Crippen molar-refractivity contribution in [1.82, 2.24) is 0 Å². The summed E-state index contributed by atoms with van der Waals surface area (Å²) in [6, 6.07) is 8.03. The Morgan fingerprint density at radius 2 is 1.93 bits per heavy atom. The SMILES string of the molecule is CC#CCC(=O)Cc1ccc(C)cc1. The summed E-state index contributed by atoms with van der Waals surface area (Å²) < 4.78 is 0. The van der Waals surface area contributed by atoms with Gasteiger partial charge < -0.3 is 0 Å². The van der Waals surface area contributed by atoms with Crippen molar-refractivity contribution in [3.63, 3.8) is 0 Å². The van der Waals surface area contributed by atoms with Crippen molar-refractivity contribution < 1.29 is 4.79 Å². The van der Waals surface area contributed by atoms with Gasteiger partial charge in [0.15, 0.2) is 0 Å². The molecule has 1 rings (SSSR count). The van der Waals surface area contributed by atoms with Gasteiger partial charge in [0.2, 0.25) is 0 Å². The number of benzene rings is 1. The molecule has 1 nitrogen and oxygen atoms in total. The van der Waals surface area contributed by atoms with Gasteiger partial charge in [0, 0.05) is 6.42 Å². The second kappa shape index (κ2) is 5.24. The first-order valence-corrected chi connectivity index (χ1v) is 4.69. The first-order valence-electron chi connectivity index (χ1n) is 4.69. The molecule has 0 atom stereocenters. The molecule has 0 heterocycles. The molecule has 1 aromatic rings. The topological polar surface area (TPSA) is 17.1 Å². The van der Waals surface area contributed by atoms with E-state index in [4.69, 9.17) is 0 Å². The number of rotatable bonds is 3. The van der Waals surface area contributed by atoms with Gasteiger partial charge in [0.05, 0.1) is 6.42 Å². The van der Waals surface area contributed by atoms with Gasteiger partial charge in [-0.15, -0.1) is 5.92 Å². The zero-order chi connectivity index (χ0) is 10.4. The van der Waals surface area contributed by atoms with Crippen LogP contribution < -0.4 is 0 Å². The lowest BCUT2D eigenvalue weighted by atomic mass is 10.1. The van der Waals surface area contributed by atoms with E-state index < -0.39 is 0 Å². The Labute approximate surface area is 85.1 Å². The molecule has 0 aliphatic carbocycles. The van der Waals surface area contributed by atoms with E-state index >= 15 is 0 Å². The molecule has 0 fully saturated rings. The number of carbonyl (C=O) groups is 1. The lowest BCUT2D eigenvalue weighted by Gasteiger charge is -1.98. The van der Waals surface area contributed by atoms with E-state index in [1.54, 1.807) is 6.92 Å². The predicted octanol–water partition coefficient (Wildman–Crippen LogP) is 2.52. The van der Waals surface area contributed by atoms with Crippen molar-refractivity contribution in [3.05, 3.63) is 35.4 Å². The van der Waals surface area contributed by atoms with Gasteiger partial charge in [-0.05, 0) is 19.4 Å². The van der Waals surface area contributed by atoms with Crippen molar-refractivity contribution in [2.24, 2.45) is 0 Å². The highest BCUT2D eigenvalue weighted by Crippen LogP contribution is 2.04. The lowest BCUT2D eigenvalue weighted by molar-refractivity contribution is -0.117. The van der Waals surface area contributed by atoms with E-state index in [2.05, 4.69) is 11.8 Å². The average molecular weight is 186 g/mol. The maximum absolute atomic E-state index is 11.4. The van der Waals surface area contributed by atoms with Crippen LogP contribution in [0.15, 0.2) is 24.3 Å². The van der Waals surface area contributed by atoms with Crippen LogP contribution in [0.4, 0.5) is 0 Å². The molecule has 0 aromatic heterocycles. The lowest BCUT2D eigenvalue weighted by Crippen LogP contribution is -2.00. The fraction of sp³-hybridized carbons (Fsp3) is 0.308. The minimum absolute atomic E-state index is 0.184. The van der Waals surface area contributed by atoms with Crippen LogP contribution in [0.2, 0.25) is 0 Å². The summed E-state index contributed by atoms with van der Waals surface area (Å²) in [7, 11) is 0. The molecular formula is C13H14O. The van der Waals surface area contributed by atoms with Crippen LogP contribution in [-0.2, 0) is 11.2 Å². The summed E-state index contributed by atoms with van der Waals surface area (Å²) in [5, 5.41) is 0. The normalized spacial score (nSPS) is 9.00. The van der Waals surface area contributed by atoms with Crippen LogP contribution >= 0.6 is 0 Å². The minimum Gasteiger partial charge on any atom is -0.298 e. The van der Waals surface area contributed by atoms with E-state index in [1.807, 2.05) is 31.2 Å². The second-order valence-corrected chi connectivity index (χ2v) is 3.30. The number of hydrogen-bond donors (Lipinski definition) is 0. The zero-order valence-electron chi connectivity index (χ0n) is 8.63. The third kappa shape index (κ3) is 3.45. The van der Waals surface area contributed by atoms with E-state index in [-0.39, 0.29) is 5.78 Å². The number of ketones is 1. The molecule has 0 N–H and O–H groups in total. The fourth-order valence-corrected chi connectivity index (χ4v) is 1.18. The van der Waals surface area contributed by atoms with Gasteiger partial charge >= 0.3 is 0 Å². The maximum Gasteiger partial charge on any atom is 0.149 e. The van der Waals surface area contributed by atoms with Crippen molar-refractivity contribution in [1.29, 1.82) is 0 Å². The molecule has 1 aromatic carbocycles. The maximum atomic E-state index is 11.4. The average Bonchev–Trinajstić information content (AvgIpc) is 2.18. The molecule has 0 aliphatic rings. The molecule has 0 amide bonds. The summed E-state index contributed by atoms with van der Waals surface area (Å²) in [6.07, 6.45) is 0.860. The standard InChI is InChI=1S/C13H14O/c1-3-4-5-13(14)10-12-8-6-11(2)7-9-12/h6-9H,5,10H2,1-2H3. The molecule has 1 heteroatoms. The molecule has 0 saturated carbocycles. The molecule has 14 heavy (non-hydrogen) atoms. The van der Waals surface area contributed by atoms with E-state index in [9.17, 15) is 4.79 Å². The van der Waals surface area contributed by atoms with E-state index in [0.29, 0.717) is 12.8 Å². The van der Waals surface area contributed by atoms with Gasteiger partial charge in [0.1, 0.15) is 5.78 Å². The Morgan fingerprint density at radius 1 is 1.29 bits per heavy atom. The molecule has 0 unspecified atom stereocenters. The third-order valence-corrected chi connectivity index (χ3v) is 1.98. The van der Waals surface area contributed by atoms with Gasteiger partial charge in [-0.25, -0.2) is 0 Å². The fourth-order valence-electron chi connectivity index (χ4n) is 1.18. The van der Waals surface area contributed by atoms with Crippen LogP contribution in [0.5, 0.6) is 0 Å². The summed E-state index contributed by atoms with van der Waals surface area (Å²) in [4.78, 5) is 11.4. The number of hydrogen-bond acceptors (Lipinski definition) is 1. The van der Waals surface area contributed by atoms with Gasteiger partial charge in [-0.1, -0.05) is 35.7 Å². The highest BCUT2D eigenvalue weighted by Gasteiger charge is 2.00. The summed E-state index contributed by atoms with van der Waals surface area (Å²) in [5.74, 6) is 5.69. The van der Waals surface area contributed by atoms with Gasteiger partial charge in [0.25, 0.3) is 0 Å². The molecular weight excluding hydrogens is 172 g/mol. The predicted molar refractivity (Wildman–Crippen MR) is 58.0 cm³/mol. The quantitative estimate of drug-likeness (QED) is 0.663. The van der Waals surface area contributed by atoms with Crippen LogP contribution in [0, 0.1) is 18.8 Å². The summed E-state index contributed by atoms with van der Waals surface area (Å²) in [6.45, 7) is 3.79. The minimum atomic E-state index is 0.184. The van der Waals surface area contributed by atoms with Crippen LogP contribution in [0.3, 0.4) is 0 Å². The molecule has 72 valence electrons. The van der Waals surface area contributed by atoms with Crippen LogP contribution in [0.1, 0.15) is 24.5 Å².